The lowest BCUT2D eigenvalue weighted by Crippen LogP contribution is -2.48. The summed E-state index contributed by atoms with van der Waals surface area (Å²) in [4.78, 5) is 7.17. The number of nitrogens with two attached hydrogens (primary N) is 1. The zero-order valence-electron chi connectivity index (χ0n) is 11.6. The monoisotopic (exact) mass is 255 g/mol. The summed E-state index contributed by atoms with van der Waals surface area (Å²) in [6.45, 7) is 6.34. The molecule has 3 rings (SSSR count). The van der Waals surface area contributed by atoms with Crippen molar-refractivity contribution in [3.63, 3.8) is 0 Å². The Bertz CT molecular complexity index is 594. The molecule has 1 fully saturated rings. The molecule has 1 aromatic carbocycles. The molecule has 2 N–H and O–H groups in total. The molecule has 0 bridgehead atoms. The Morgan fingerprint density at radius 1 is 1.32 bits per heavy atom. The van der Waals surface area contributed by atoms with Crippen LogP contribution in [0.1, 0.15) is 18.9 Å². The highest BCUT2D eigenvalue weighted by molar-refractivity contribution is 5.81. The number of aromatic nitrogens is 1. The summed E-state index contributed by atoms with van der Waals surface area (Å²) in [5, 5.41) is 1.21. The van der Waals surface area contributed by atoms with Gasteiger partial charge in [-0.15, -0.1) is 0 Å². The third-order valence-corrected chi connectivity index (χ3v) is 4.20. The van der Waals surface area contributed by atoms with Gasteiger partial charge in [-0.2, -0.15) is 0 Å². The van der Waals surface area contributed by atoms with E-state index in [4.69, 9.17) is 10.7 Å². The molecule has 2 aromatic rings. The molecule has 0 radical (unpaired) electrons. The molecule has 0 amide bonds. The molecule has 3 heteroatoms. The molecule has 1 aromatic heterocycles. The number of fused-ring (bicyclic) bond motifs is 1. The third kappa shape index (κ3) is 2.30. The first-order valence-corrected chi connectivity index (χ1v) is 7.02. The minimum atomic E-state index is 0.251. The van der Waals surface area contributed by atoms with Crippen LogP contribution in [0.2, 0.25) is 0 Å². The van der Waals surface area contributed by atoms with Gasteiger partial charge < -0.3 is 10.6 Å². The summed E-state index contributed by atoms with van der Waals surface area (Å²) in [5.74, 6) is 1.71. The molecule has 0 aliphatic carbocycles. The number of rotatable bonds is 1. The summed E-state index contributed by atoms with van der Waals surface area (Å²) in [6, 6.07) is 10.8. The first kappa shape index (κ1) is 12.4. The number of anilines is 1. The smallest absolute Gasteiger partial charge is 0.132 e. The van der Waals surface area contributed by atoms with Crippen molar-refractivity contribution < 1.29 is 0 Å². The van der Waals surface area contributed by atoms with Gasteiger partial charge in [0.25, 0.3) is 0 Å². The number of piperidine rings is 1. The van der Waals surface area contributed by atoms with E-state index in [0.717, 1.165) is 30.8 Å². The van der Waals surface area contributed by atoms with Crippen LogP contribution in [0, 0.1) is 12.8 Å². The molecule has 0 saturated carbocycles. The van der Waals surface area contributed by atoms with E-state index in [1.54, 1.807) is 0 Å². The van der Waals surface area contributed by atoms with Crippen molar-refractivity contribution in [1.29, 1.82) is 0 Å². The average Bonchev–Trinajstić information content (AvgIpc) is 2.41. The Kier molecular flexibility index (Phi) is 3.15. The molecular formula is C16H21N3. The largest absolute Gasteiger partial charge is 0.355 e. The van der Waals surface area contributed by atoms with Crippen LogP contribution in [0.25, 0.3) is 10.9 Å². The van der Waals surface area contributed by atoms with Gasteiger partial charge in [-0.3, -0.25) is 0 Å². The highest BCUT2D eigenvalue weighted by atomic mass is 15.2. The Morgan fingerprint density at radius 3 is 2.89 bits per heavy atom. The maximum absolute atomic E-state index is 6.20. The molecular weight excluding hydrogens is 234 g/mol. The zero-order chi connectivity index (χ0) is 13.4. The molecule has 19 heavy (non-hydrogen) atoms. The summed E-state index contributed by atoms with van der Waals surface area (Å²) >= 11 is 0. The van der Waals surface area contributed by atoms with Crippen LogP contribution < -0.4 is 10.6 Å². The van der Waals surface area contributed by atoms with Gasteiger partial charge in [-0.1, -0.05) is 25.1 Å². The minimum Gasteiger partial charge on any atom is -0.355 e. The summed E-state index contributed by atoms with van der Waals surface area (Å²) in [6.07, 6.45) is 1.15. The molecule has 2 atom stereocenters. The standard InChI is InChI=1S/C16H21N3/c1-11-7-8-19(10-14(11)17)16-12(2)9-13-5-3-4-6-15(13)18-16/h3-6,9,11,14H,7-8,10,17H2,1-2H3. The second-order valence-electron chi connectivity index (χ2n) is 5.70. The van der Waals surface area contributed by atoms with Gasteiger partial charge in [0, 0.05) is 24.5 Å². The average molecular weight is 255 g/mol. The van der Waals surface area contributed by atoms with E-state index in [2.05, 4.69) is 43.0 Å². The fourth-order valence-electron chi connectivity index (χ4n) is 2.82. The number of hydrogen-bond acceptors (Lipinski definition) is 3. The molecule has 2 unspecified atom stereocenters. The summed E-state index contributed by atoms with van der Waals surface area (Å²) in [5.41, 5.74) is 8.50. The fourth-order valence-corrected chi connectivity index (χ4v) is 2.82. The first-order valence-electron chi connectivity index (χ1n) is 7.02. The third-order valence-electron chi connectivity index (χ3n) is 4.20. The minimum absolute atomic E-state index is 0.251. The number of nitrogens with zero attached hydrogens (tertiary/aromatic N) is 2. The Balaban J connectivity index is 1.98. The number of hydrogen-bond donors (Lipinski definition) is 1. The van der Waals surface area contributed by atoms with E-state index < -0.39 is 0 Å². The maximum Gasteiger partial charge on any atom is 0.132 e. The number of benzene rings is 1. The molecule has 1 aliphatic heterocycles. The van der Waals surface area contributed by atoms with E-state index >= 15 is 0 Å². The van der Waals surface area contributed by atoms with E-state index in [9.17, 15) is 0 Å². The van der Waals surface area contributed by atoms with Crippen molar-refractivity contribution in [3.05, 3.63) is 35.9 Å². The van der Waals surface area contributed by atoms with Crippen molar-refractivity contribution in [1.82, 2.24) is 4.98 Å². The lowest BCUT2D eigenvalue weighted by Gasteiger charge is -2.36. The predicted molar refractivity (Wildman–Crippen MR) is 80.4 cm³/mol. The van der Waals surface area contributed by atoms with Gasteiger partial charge in [-0.05, 0) is 37.0 Å². The zero-order valence-corrected chi connectivity index (χ0v) is 11.6. The lowest BCUT2D eigenvalue weighted by atomic mass is 9.94. The Morgan fingerprint density at radius 2 is 2.11 bits per heavy atom. The number of pyridine rings is 1. The number of aryl methyl sites for hydroxylation is 1. The van der Waals surface area contributed by atoms with Crippen LogP contribution in [0.3, 0.4) is 0 Å². The van der Waals surface area contributed by atoms with Gasteiger partial charge in [0.1, 0.15) is 5.82 Å². The van der Waals surface area contributed by atoms with Crippen LogP contribution >= 0.6 is 0 Å². The topological polar surface area (TPSA) is 42.2 Å². The van der Waals surface area contributed by atoms with Crippen molar-refractivity contribution >= 4 is 16.7 Å². The predicted octanol–water partition coefficient (Wildman–Crippen LogP) is 2.72. The second-order valence-corrected chi connectivity index (χ2v) is 5.70. The van der Waals surface area contributed by atoms with Gasteiger partial charge in [0.05, 0.1) is 5.52 Å². The van der Waals surface area contributed by atoms with E-state index in [0.29, 0.717) is 5.92 Å². The van der Waals surface area contributed by atoms with Crippen LogP contribution in [-0.4, -0.2) is 24.1 Å². The molecule has 1 saturated heterocycles. The summed E-state index contributed by atoms with van der Waals surface area (Å²) < 4.78 is 0. The SMILES string of the molecule is Cc1cc2ccccc2nc1N1CCC(C)C(N)C1. The number of para-hydroxylation sites is 1. The van der Waals surface area contributed by atoms with E-state index in [1.807, 2.05) is 6.07 Å². The van der Waals surface area contributed by atoms with E-state index in [-0.39, 0.29) is 6.04 Å². The molecule has 2 heterocycles. The van der Waals surface area contributed by atoms with Crippen molar-refractivity contribution in [2.45, 2.75) is 26.3 Å². The molecule has 3 nitrogen and oxygen atoms in total. The summed E-state index contributed by atoms with van der Waals surface area (Å²) in [7, 11) is 0. The van der Waals surface area contributed by atoms with Crippen molar-refractivity contribution in [2.24, 2.45) is 11.7 Å². The second kappa shape index (κ2) is 4.82. The van der Waals surface area contributed by atoms with Crippen LogP contribution in [0.15, 0.2) is 30.3 Å². The van der Waals surface area contributed by atoms with Crippen LogP contribution in [0.5, 0.6) is 0 Å². The van der Waals surface area contributed by atoms with Crippen molar-refractivity contribution in [2.75, 3.05) is 18.0 Å². The van der Waals surface area contributed by atoms with Crippen molar-refractivity contribution in [3.8, 4) is 0 Å². The lowest BCUT2D eigenvalue weighted by molar-refractivity contribution is 0.378. The maximum atomic E-state index is 6.20. The van der Waals surface area contributed by atoms with Gasteiger partial charge >= 0.3 is 0 Å². The normalized spacial score (nSPS) is 23.8. The van der Waals surface area contributed by atoms with Gasteiger partial charge in [-0.25, -0.2) is 4.98 Å². The Hall–Kier alpha value is -1.61. The molecule has 0 spiro atoms. The van der Waals surface area contributed by atoms with Gasteiger partial charge in [0.15, 0.2) is 0 Å². The molecule has 1 aliphatic rings. The first-order chi connectivity index (χ1) is 9.15. The Labute approximate surface area is 114 Å². The van der Waals surface area contributed by atoms with Crippen LogP contribution in [-0.2, 0) is 0 Å². The highest BCUT2D eigenvalue weighted by Gasteiger charge is 2.24. The van der Waals surface area contributed by atoms with Gasteiger partial charge in [0.2, 0.25) is 0 Å². The quantitative estimate of drug-likeness (QED) is 0.852. The fraction of sp³-hybridized carbons (Fsp3) is 0.438. The highest BCUT2D eigenvalue weighted by Crippen LogP contribution is 2.26. The van der Waals surface area contributed by atoms with E-state index in [1.165, 1.54) is 10.9 Å². The van der Waals surface area contributed by atoms with Crippen LogP contribution in [0.4, 0.5) is 5.82 Å². The molecule has 100 valence electrons.